The smallest absolute Gasteiger partial charge is 0.251 e. The quantitative estimate of drug-likeness (QED) is 0.295. The lowest BCUT2D eigenvalue weighted by molar-refractivity contribution is -0.138. The van der Waals surface area contributed by atoms with E-state index in [4.69, 9.17) is 0 Å². The van der Waals surface area contributed by atoms with Crippen molar-refractivity contribution in [3.05, 3.63) is 35.4 Å². The minimum Gasteiger partial charge on any atom is -0.356 e. The Morgan fingerprint density at radius 1 is 1.17 bits per heavy atom. The number of hydrogen-bond acceptors (Lipinski definition) is 3. The summed E-state index contributed by atoms with van der Waals surface area (Å²) in [6, 6.07) is 7.61. The summed E-state index contributed by atoms with van der Waals surface area (Å²) in [6.45, 7) is 1.28. The standard InChI is InChI=1S/C21H33N5O2.HI/c1-22-18(27)17-9-7-8-16(14-17)10-13-24-20(23-2)25-15-21(11-5-6-12-21)19(28)26(3)4;/h7-9,14H,5-6,10-13,15H2,1-4H3,(H,22,27)(H2,23,24,25);1H. The van der Waals surface area contributed by atoms with Crippen LogP contribution in [0.15, 0.2) is 29.3 Å². The zero-order valence-corrected chi connectivity index (χ0v) is 20.2. The minimum atomic E-state index is -0.330. The van der Waals surface area contributed by atoms with Crippen molar-refractivity contribution in [1.82, 2.24) is 20.9 Å². The van der Waals surface area contributed by atoms with E-state index in [1.165, 1.54) is 0 Å². The van der Waals surface area contributed by atoms with Gasteiger partial charge in [0.15, 0.2) is 5.96 Å². The van der Waals surface area contributed by atoms with Crippen LogP contribution in [0.3, 0.4) is 0 Å². The van der Waals surface area contributed by atoms with Crippen molar-refractivity contribution in [2.24, 2.45) is 10.4 Å². The van der Waals surface area contributed by atoms with Gasteiger partial charge in [0.25, 0.3) is 5.91 Å². The molecule has 2 rings (SSSR count). The van der Waals surface area contributed by atoms with Crippen LogP contribution in [0.5, 0.6) is 0 Å². The SMILES string of the molecule is CN=C(NCCc1cccc(C(=O)NC)c1)NCC1(C(=O)N(C)C)CCCC1.I. The molecule has 1 aromatic carbocycles. The highest BCUT2D eigenvalue weighted by Crippen LogP contribution is 2.38. The maximum atomic E-state index is 12.7. The molecule has 1 fully saturated rings. The average molecular weight is 515 g/mol. The van der Waals surface area contributed by atoms with Gasteiger partial charge < -0.3 is 20.9 Å². The second-order valence-corrected chi connectivity index (χ2v) is 7.57. The Hall–Kier alpha value is -1.84. The number of carbonyl (C=O) groups excluding carboxylic acids is 2. The molecule has 0 atom stereocenters. The van der Waals surface area contributed by atoms with Crippen molar-refractivity contribution in [3.8, 4) is 0 Å². The van der Waals surface area contributed by atoms with Crippen LogP contribution in [0.1, 0.15) is 41.6 Å². The van der Waals surface area contributed by atoms with Gasteiger partial charge in [-0.2, -0.15) is 0 Å². The van der Waals surface area contributed by atoms with Gasteiger partial charge in [-0.1, -0.05) is 25.0 Å². The molecular weight excluding hydrogens is 481 g/mol. The predicted molar refractivity (Wildman–Crippen MR) is 128 cm³/mol. The van der Waals surface area contributed by atoms with Crippen molar-refractivity contribution < 1.29 is 9.59 Å². The van der Waals surface area contributed by atoms with Gasteiger partial charge in [0.2, 0.25) is 5.91 Å². The van der Waals surface area contributed by atoms with E-state index >= 15 is 0 Å². The highest BCUT2D eigenvalue weighted by molar-refractivity contribution is 14.0. The highest BCUT2D eigenvalue weighted by atomic mass is 127. The third kappa shape index (κ3) is 6.87. The van der Waals surface area contributed by atoms with E-state index in [1.807, 2.05) is 32.3 Å². The van der Waals surface area contributed by atoms with E-state index in [0.717, 1.165) is 37.7 Å². The Labute approximate surface area is 191 Å². The van der Waals surface area contributed by atoms with Crippen LogP contribution in [0.2, 0.25) is 0 Å². The summed E-state index contributed by atoms with van der Waals surface area (Å²) in [4.78, 5) is 30.4. The maximum absolute atomic E-state index is 12.7. The van der Waals surface area contributed by atoms with Gasteiger partial charge in [0.1, 0.15) is 0 Å². The third-order valence-corrected chi connectivity index (χ3v) is 5.36. The molecule has 0 spiro atoms. The molecule has 1 aromatic rings. The molecule has 162 valence electrons. The summed E-state index contributed by atoms with van der Waals surface area (Å²) in [5.41, 5.74) is 1.41. The van der Waals surface area contributed by atoms with Gasteiger partial charge >= 0.3 is 0 Å². The minimum absolute atomic E-state index is 0. The molecule has 0 bridgehead atoms. The highest BCUT2D eigenvalue weighted by Gasteiger charge is 2.42. The van der Waals surface area contributed by atoms with E-state index in [1.54, 1.807) is 25.1 Å². The first-order valence-electron chi connectivity index (χ1n) is 9.89. The van der Waals surface area contributed by atoms with Crippen LogP contribution >= 0.6 is 24.0 Å². The topological polar surface area (TPSA) is 85.8 Å². The van der Waals surface area contributed by atoms with Crippen LogP contribution in [-0.2, 0) is 11.2 Å². The molecule has 1 aliphatic rings. The van der Waals surface area contributed by atoms with Gasteiger partial charge in [-0.15, -0.1) is 24.0 Å². The van der Waals surface area contributed by atoms with E-state index in [-0.39, 0.29) is 41.2 Å². The first-order chi connectivity index (χ1) is 13.4. The molecular formula is C21H34IN5O2. The van der Waals surface area contributed by atoms with E-state index < -0.39 is 0 Å². The van der Waals surface area contributed by atoms with Crippen LogP contribution < -0.4 is 16.0 Å². The fourth-order valence-corrected chi connectivity index (χ4v) is 3.80. The zero-order chi connectivity index (χ0) is 20.6. The monoisotopic (exact) mass is 515 g/mol. The number of guanidine groups is 1. The molecule has 7 nitrogen and oxygen atoms in total. The van der Waals surface area contributed by atoms with E-state index in [2.05, 4.69) is 20.9 Å². The van der Waals surface area contributed by atoms with Crippen molar-refractivity contribution in [2.45, 2.75) is 32.1 Å². The number of rotatable bonds is 7. The molecule has 0 unspecified atom stereocenters. The molecule has 0 aliphatic heterocycles. The third-order valence-electron chi connectivity index (χ3n) is 5.36. The Morgan fingerprint density at radius 2 is 1.86 bits per heavy atom. The molecule has 1 saturated carbocycles. The summed E-state index contributed by atoms with van der Waals surface area (Å²) in [5.74, 6) is 0.805. The molecule has 3 N–H and O–H groups in total. The number of nitrogens with zero attached hydrogens (tertiary/aromatic N) is 2. The molecule has 0 radical (unpaired) electrons. The van der Waals surface area contributed by atoms with Crippen LogP contribution in [-0.4, -0.2) is 64.0 Å². The Morgan fingerprint density at radius 3 is 2.45 bits per heavy atom. The largest absolute Gasteiger partial charge is 0.356 e. The molecule has 8 heteroatoms. The van der Waals surface area contributed by atoms with Crippen LogP contribution in [0.4, 0.5) is 0 Å². The molecule has 0 heterocycles. The molecule has 0 saturated heterocycles. The number of nitrogens with one attached hydrogen (secondary N) is 3. The van der Waals surface area contributed by atoms with Crippen molar-refractivity contribution in [3.63, 3.8) is 0 Å². The average Bonchev–Trinajstić information content (AvgIpc) is 3.19. The molecule has 1 aliphatic carbocycles. The van der Waals surface area contributed by atoms with Crippen molar-refractivity contribution >= 4 is 41.8 Å². The summed E-state index contributed by atoms with van der Waals surface area (Å²) < 4.78 is 0. The van der Waals surface area contributed by atoms with Gasteiger partial charge in [-0.3, -0.25) is 14.6 Å². The number of halogens is 1. The summed E-state index contributed by atoms with van der Waals surface area (Å²) in [5, 5.41) is 9.28. The molecule has 2 amide bonds. The summed E-state index contributed by atoms with van der Waals surface area (Å²) in [6.07, 6.45) is 4.79. The molecule has 0 aromatic heterocycles. The van der Waals surface area contributed by atoms with E-state index in [9.17, 15) is 9.59 Å². The lowest BCUT2D eigenvalue weighted by Crippen LogP contribution is -2.49. The normalized spacial score (nSPS) is 15.2. The number of carbonyl (C=O) groups is 2. The molecule has 29 heavy (non-hydrogen) atoms. The number of aliphatic imine (C=N–C) groups is 1. The summed E-state index contributed by atoms with van der Waals surface area (Å²) >= 11 is 0. The Balaban J connectivity index is 0.00000420. The first kappa shape index (κ1) is 25.2. The number of benzene rings is 1. The fourth-order valence-electron chi connectivity index (χ4n) is 3.80. The zero-order valence-electron chi connectivity index (χ0n) is 17.9. The van der Waals surface area contributed by atoms with Crippen molar-refractivity contribution in [1.29, 1.82) is 0 Å². The summed E-state index contributed by atoms with van der Waals surface area (Å²) in [7, 11) is 7.01. The maximum Gasteiger partial charge on any atom is 0.251 e. The fraction of sp³-hybridized carbons (Fsp3) is 0.571. The number of hydrogen-bond donors (Lipinski definition) is 3. The van der Waals surface area contributed by atoms with Gasteiger partial charge in [-0.05, 0) is 37.0 Å². The Bertz CT molecular complexity index is 715. The second kappa shape index (κ2) is 12.0. The van der Waals surface area contributed by atoms with Crippen LogP contribution in [0.25, 0.3) is 0 Å². The lowest BCUT2D eigenvalue weighted by Gasteiger charge is -2.31. The van der Waals surface area contributed by atoms with Gasteiger partial charge in [-0.25, -0.2) is 0 Å². The van der Waals surface area contributed by atoms with Gasteiger partial charge in [0, 0.05) is 46.8 Å². The van der Waals surface area contributed by atoms with E-state index in [0.29, 0.717) is 24.6 Å². The Kier molecular flexibility index (Phi) is 10.4. The lowest BCUT2D eigenvalue weighted by atomic mass is 9.84. The number of amides is 2. The first-order valence-corrected chi connectivity index (χ1v) is 9.89. The predicted octanol–water partition coefficient (Wildman–Crippen LogP) is 2.02. The van der Waals surface area contributed by atoms with Crippen molar-refractivity contribution in [2.75, 3.05) is 41.3 Å². The second-order valence-electron chi connectivity index (χ2n) is 7.57. The van der Waals surface area contributed by atoms with Crippen LogP contribution in [0, 0.1) is 5.41 Å². The van der Waals surface area contributed by atoms with Gasteiger partial charge in [0.05, 0.1) is 5.41 Å².